The van der Waals surface area contributed by atoms with E-state index in [2.05, 4.69) is 11.2 Å². The Kier molecular flexibility index (Phi) is 4.86. The van der Waals surface area contributed by atoms with Crippen molar-refractivity contribution in [1.82, 2.24) is 0 Å². The third kappa shape index (κ3) is 3.91. The number of benzene rings is 2. The molecule has 0 amide bonds. The predicted molar refractivity (Wildman–Crippen MR) is 79.5 cm³/mol. The molecule has 0 saturated carbocycles. The van der Waals surface area contributed by atoms with Crippen LogP contribution in [0, 0.1) is 18.2 Å². The molecule has 0 bridgehead atoms. The second-order valence-corrected chi connectivity index (χ2v) is 4.55. The summed E-state index contributed by atoms with van der Waals surface area (Å²) in [5.41, 5.74) is 1.55. The van der Waals surface area contributed by atoms with Gasteiger partial charge in [-0.3, -0.25) is 0 Å². The predicted octanol–water partition coefficient (Wildman–Crippen LogP) is 4.10. The van der Waals surface area contributed by atoms with Crippen molar-refractivity contribution in [2.75, 3.05) is 11.9 Å². The molecule has 2 rings (SSSR count). The van der Waals surface area contributed by atoms with Crippen molar-refractivity contribution in [2.45, 2.75) is 6.54 Å². The lowest BCUT2D eigenvalue weighted by Gasteiger charge is -2.11. The van der Waals surface area contributed by atoms with Crippen molar-refractivity contribution in [2.24, 2.45) is 0 Å². The van der Waals surface area contributed by atoms with E-state index in [4.69, 9.17) is 22.8 Å². The van der Waals surface area contributed by atoms with Gasteiger partial charge >= 0.3 is 0 Å². The van der Waals surface area contributed by atoms with Crippen LogP contribution in [0.1, 0.15) is 5.56 Å². The number of nitrogens with one attached hydrogen (secondary N) is 1. The molecular weight excluding hydrogens is 277 g/mol. The highest BCUT2D eigenvalue weighted by atomic mass is 35.5. The molecule has 2 nitrogen and oxygen atoms in total. The van der Waals surface area contributed by atoms with Crippen LogP contribution >= 0.6 is 11.6 Å². The van der Waals surface area contributed by atoms with Crippen LogP contribution in [0.25, 0.3) is 0 Å². The van der Waals surface area contributed by atoms with Gasteiger partial charge in [0, 0.05) is 22.8 Å². The van der Waals surface area contributed by atoms with E-state index in [0.717, 1.165) is 5.56 Å². The fraction of sp³-hybridized carbons (Fsp3) is 0.125. The molecule has 0 aromatic heterocycles. The standard InChI is InChI=1S/C16H13ClFNO/c1-2-7-20-16-6-4-3-5-12(16)11-19-15-9-13(17)8-14(18)10-15/h1,3-6,8-10,19H,7,11H2. The summed E-state index contributed by atoms with van der Waals surface area (Å²) in [5, 5.41) is 3.45. The SMILES string of the molecule is C#CCOc1ccccc1CNc1cc(F)cc(Cl)c1. The summed E-state index contributed by atoms with van der Waals surface area (Å²) in [7, 11) is 0. The molecule has 4 heteroatoms. The maximum absolute atomic E-state index is 13.2. The van der Waals surface area contributed by atoms with Gasteiger partial charge in [0.05, 0.1) is 0 Å². The highest BCUT2D eigenvalue weighted by molar-refractivity contribution is 6.30. The molecule has 0 radical (unpaired) electrons. The minimum atomic E-state index is -0.378. The van der Waals surface area contributed by atoms with Crippen molar-refractivity contribution in [3.05, 3.63) is 58.9 Å². The van der Waals surface area contributed by atoms with E-state index in [9.17, 15) is 4.39 Å². The van der Waals surface area contributed by atoms with E-state index in [1.54, 1.807) is 6.07 Å². The average Bonchev–Trinajstić information content (AvgIpc) is 2.43. The normalized spacial score (nSPS) is 9.85. The van der Waals surface area contributed by atoms with E-state index in [0.29, 0.717) is 23.0 Å². The number of ether oxygens (including phenoxy) is 1. The van der Waals surface area contributed by atoms with Crippen LogP contribution in [-0.2, 0) is 6.54 Å². The summed E-state index contributed by atoms with van der Waals surface area (Å²) in [5.74, 6) is 2.75. The number of para-hydroxylation sites is 1. The topological polar surface area (TPSA) is 21.3 Å². The molecule has 0 aliphatic rings. The van der Waals surface area contributed by atoms with Crippen LogP contribution < -0.4 is 10.1 Å². The number of anilines is 1. The van der Waals surface area contributed by atoms with E-state index < -0.39 is 0 Å². The van der Waals surface area contributed by atoms with Crippen LogP contribution in [0.4, 0.5) is 10.1 Å². The number of hydrogen-bond acceptors (Lipinski definition) is 2. The summed E-state index contributed by atoms with van der Waals surface area (Å²) in [4.78, 5) is 0. The summed E-state index contributed by atoms with van der Waals surface area (Å²) >= 11 is 5.80. The van der Waals surface area contributed by atoms with E-state index >= 15 is 0 Å². The van der Waals surface area contributed by atoms with Crippen molar-refractivity contribution in [3.8, 4) is 18.1 Å². The second-order valence-electron chi connectivity index (χ2n) is 4.11. The Bertz CT molecular complexity index is 616. The Labute approximate surface area is 122 Å². The van der Waals surface area contributed by atoms with Gasteiger partial charge in [-0.25, -0.2) is 4.39 Å². The van der Waals surface area contributed by atoms with Crippen molar-refractivity contribution >= 4 is 17.3 Å². The van der Waals surface area contributed by atoms with Gasteiger partial charge in [-0.15, -0.1) is 6.42 Å². The van der Waals surface area contributed by atoms with Crippen LogP contribution in [0.2, 0.25) is 5.02 Å². The highest BCUT2D eigenvalue weighted by Gasteiger charge is 2.04. The lowest BCUT2D eigenvalue weighted by Crippen LogP contribution is -2.03. The molecule has 2 aromatic rings. The minimum absolute atomic E-state index is 0.211. The molecule has 0 aliphatic heterocycles. The molecule has 0 spiro atoms. The van der Waals surface area contributed by atoms with Gasteiger partial charge in [0.25, 0.3) is 0 Å². The van der Waals surface area contributed by atoms with Crippen LogP contribution in [-0.4, -0.2) is 6.61 Å². The molecule has 0 unspecified atom stereocenters. The second kappa shape index (κ2) is 6.83. The van der Waals surface area contributed by atoms with Gasteiger partial charge in [0.1, 0.15) is 18.2 Å². The van der Waals surface area contributed by atoms with Gasteiger partial charge in [0.15, 0.2) is 0 Å². The highest BCUT2D eigenvalue weighted by Crippen LogP contribution is 2.22. The number of rotatable bonds is 5. The first-order chi connectivity index (χ1) is 9.69. The van der Waals surface area contributed by atoms with E-state index in [-0.39, 0.29) is 12.4 Å². The van der Waals surface area contributed by atoms with Crippen LogP contribution in [0.5, 0.6) is 5.75 Å². The van der Waals surface area contributed by atoms with Crippen molar-refractivity contribution in [3.63, 3.8) is 0 Å². The fourth-order valence-electron chi connectivity index (χ4n) is 1.76. The Morgan fingerprint density at radius 2 is 2.05 bits per heavy atom. The Morgan fingerprint density at radius 3 is 2.80 bits per heavy atom. The first-order valence-corrected chi connectivity index (χ1v) is 6.41. The summed E-state index contributed by atoms with van der Waals surface area (Å²) < 4.78 is 18.7. The zero-order valence-corrected chi connectivity index (χ0v) is 11.5. The molecule has 1 N–H and O–H groups in total. The van der Waals surface area contributed by atoms with Gasteiger partial charge in [-0.1, -0.05) is 35.7 Å². The fourth-order valence-corrected chi connectivity index (χ4v) is 1.99. The maximum Gasteiger partial charge on any atom is 0.148 e. The molecule has 0 fully saturated rings. The van der Waals surface area contributed by atoms with E-state index in [1.165, 1.54) is 12.1 Å². The quantitative estimate of drug-likeness (QED) is 0.837. The molecule has 20 heavy (non-hydrogen) atoms. The van der Waals surface area contributed by atoms with Crippen LogP contribution in [0.3, 0.4) is 0 Å². The molecular formula is C16H13ClFNO. The minimum Gasteiger partial charge on any atom is -0.481 e. The Morgan fingerprint density at radius 1 is 1.25 bits per heavy atom. The summed E-state index contributed by atoms with van der Waals surface area (Å²) in [6, 6.07) is 11.8. The van der Waals surface area contributed by atoms with Gasteiger partial charge in [-0.2, -0.15) is 0 Å². The zero-order chi connectivity index (χ0) is 14.4. The first kappa shape index (κ1) is 14.2. The Balaban J connectivity index is 2.08. The van der Waals surface area contributed by atoms with Gasteiger partial charge < -0.3 is 10.1 Å². The molecule has 102 valence electrons. The molecule has 0 saturated heterocycles. The van der Waals surface area contributed by atoms with E-state index in [1.807, 2.05) is 24.3 Å². The summed E-state index contributed by atoms with van der Waals surface area (Å²) in [6.45, 7) is 0.698. The lowest BCUT2D eigenvalue weighted by molar-refractivity contribution is 0.366. The number of hydrogen-bond donors (Lipinski definition) is 1. The number of terminal acetylenes is 1. The molecule has 2 aromatic carbocycles. The van der Waals surface area contributed by atoms with Gasteiger partial charge in [-0.05, 0) is 24.3 Å². The third-order valence-corrected chi connectivity index (χ3v) is 2.85. The number of halogens is 2. The lowest BCUT2D eigenvalue weighted by atomic mass is 10.2. The van der Waals surface area contributed by atoms with Crippen LogP contribution in [0.15, 0.2) is 42.5 Å². The zero-order valence-electron chi connectivity index (χ0n) is 10.7. The smallest absolute Gasteiger partial charge is 0.148 e. The largest absolute Gasteiger partial charge is 0.481 e. The molecule has 0 aliphatic carbocycles. The molecule has 0 atom stereocenters. The first-order valence-electron chi connectivity index (χ1n) is 6.03. The molecule has 0 heterocycles. The monoisotopic (exact) mass is 289 g/mol. The van der Waals surface area contributed by atoms with Crippen molar-refractivity contribution < 1.29 is 9.13 Å². The third-order valence-electron chi connectivity index (χ3n) is 2.63. The maximum atomic E-state index is 13.2. The average molecular weight is 290 g/mol. The summed E-state index contributed by atoms with van der Waals surface area (Å²) in [6.07, 6.45) is 5.18. The Hall–Kier alpha value is -2.18. The van der Waals surface area contributed by atoms with Crippen molar-refractivity contribution in [1.29, 1.82) is 0 Å². The van der Waals surface area contributed by atoms with Gasteiger partial charge in [0.2, 0.25) is 0 Å².